The summed E-state index contributed by atoms with van der Waals surface area (Å²) in [6.45, 7) is 2.58. The summed E-state index contributed by atoms with van der Waals surface area (Å²) in [7, 11) is 1.38. The molecule has 0 fully saturated rings. The number of nitrogens with one attached hydrogen (secondary N) is 2. The Morgan fingerprint density at radius 1 is 1.12 bits per heavy atom. The third-order valence-electron chi connectivity index (χ3n) is 4.34. The molecule has 1 amide bonds. The van der Waals surface area contributed by atoms with E-state index in [9.17, 15) is 13.2 Å². The molecule has 2 aromatic carbocycles. The molecule has 0 saturated carbocycles. The first-order valence-electron chi connectivity index (χ1n) is 8.41. The van der Waals surface area contributed by atoms with E-state index < -0.39 is 10.0 Å². The van der Waals surface area contributed by atoms with E-state index in [0.717, 1.165) is 21.3 Å². The number of quaternary nitrogens is 1. The molecule has 2 aromatic rings. The van der Waals surface area contributed by atoms with Gasteiger partial charge in [-0.2, -0.15) is 0 Å². The van der Waals surface area contributed by atoms with Crippen LogP contribution in [0.4, 0.5) is 5.69 Å². The van der Waals surface area contributed by atoms with Crippen molar-refractivity contribution in [2.45, 2.75) is 24.4 Å². The number of likely N-dealkylation sites (N-methyl/N-ethyl adjacent to an activating group) is 1. The largest absolute Gasteiger partial charge is 0.324 e. The molecule has 0 aliphatic rings. The number of rotatable bonds is 7. The highest BCUT2D eigenvalue weighted by atomic mass is 32.2. The molecule has 0 spiro atoms. The molecule has 0 heterocycles. The molecule has 0 aromatic heterocycles. The molecule has 2 rings (SSSR count). The summed E-state index contributed by atoms with van der Waals surface area (Å²) in [5, 5.41) is 2.82. The number of carbonyl (C=O) groups is 1. The van der Waals surface area contributed by atoms with Gasteiger partial charge in [-0.1, -0.05) is 36.4 Å². The van der Waals surface area contributed by atoms with Crippen LogP contribution in [0, 0.1) is 0 Å². The number of amides is 1. The van der Waals surface area contributed by atoms with Crippen LogP contribution in [-0.2, 0) is 21.4 Å². The molecule has 1 unspecified atom stereocenters. The summed E-state index contributed by atoms with van der Waals surface area (Å²) in [5.41, 5.74) is 1.63. The predicted molar refractivity (Wildman–Crippen MR) is 102 cm³/mol. The van der Waals surface area contributed by atoms with E-state index in [0.29, 0.717) is 5.69 Å². The number of hydrogen-bond acceptors (Lipinski definition) is 3. The Morgan fingerprint density at radius 2 is 1.77 bits per heavy atom. The zero-order valence-electron chi connectivity index (χ0n) is 15.6. The molecule has 2 N–H and O–H groups in total. The van der Waals surface area contributed by atoms with Gasteiger partial charge in [0, 0.05) is 25.3 Å². The second-order valence-electron chi connectivity index (χ2n) is 6.53. The third-order valence-corrected chi connectivity index (χ3v) is 6.15. The Labute approximate surface area is 155 Å². The van der Waals surface area contributed by atoms with Crippen LogP contribution in [0.5, 0.6) is 0 Å². The zero-order chi connectivity index (χ0) is 19.3. The van der Waals surface area contributed by atoms with Crippen LogP contribution in [0.25, 0.3) is 0 Å². The van der Waals surface area contributed by atoms with Crippen molar-refractivity contribution in [1.29, 1.82) is 0 Å². The van der Waals surface area contributed by atoms with Crippen LogP contribution in [0.1, 0.15) is 12.5 Å². The average molecular weight is 377 g/mol. The van der Waals surface area contributed by atoms with Crippen molar-refractivity contribution in [3.63, 3.8) is 0 Å². The van der Waals surface area contributed by atoms with Gasteiger partial charge in [0.05, 0.1) is 11.9 Å². The highest BCUT2D eigenvalue weighted by Gasteiger charge is 2.23. The quantitative estimate of drug-likeness (QED) is 0.757. The summed E-state index contributed by atoms with van der Waals surface area (Å²) in [6.07, 6.45) is 0. The lowest BCUT2D eigenvalue weighted by atomic mass is 10.2. The number of benzene rings is 2. The Balaban J connectivity index is 2.07. The molecular formula is C19H26N3O3S+. The SMILES string of the molecule is C[C@@H](C(=O)Nc1cccc(S(=O)(=O)N(C)C)c1)[NH+](C)Cc1ccccc1. The summed E-state index contributed by atoms with van der Waals surface area (Å²) in [6, 6.07) is 16.0. The molecule has 2 atom stereocenters. The Hall–Kier alpha value is -2.22. The maximum atomic E-state index is 12.5. The minimum Gasteiger partial charge on any atom is -0.324 e. The topological polar surface area (TPSA) is 70.9 Å². The number of nitrogens with zero attached hydrogens (tertiary/aromatic N) is 1. The number of carbonyl (C=O) groups excluding carboxylic acids is 1. The molecule has 140 valence electrons. The fraction of sp³-hybridized carbons (Fsp3) is 0.316. The normalized spacial score (nSPS) is 14.0. The Kier molecular flexibility index (Phi) is 6.52. The van der Waals surface area contributed by atoms with Crippen molar-refractivity contribution in [3.05, 3.63) is 60.2 Å². The fourth-order valence-electron chi connectivity index (χ4n) is 2.49. The van der Waals surface area contributed by atoms with Crippen molar-refractivity contribution < 1.29 is 18.1 Å². The molecular weight excluding hydrogens is 350 g/mol. The van der Waals surface area contributed by atoms with E-state index in [2.05, 4.69) is 5.32 Å². The van der Waals surface area contributed by atoms with Gasteiger partial charge in [0.25, 0.3) is 5.91 Å². The fourth-order valence-corrected chi connectivity index (χ4v) is 3.44. The standard InChI is InChI=1S/C19H25N3O3S/c1-15(22(4)14-16-9-6-5-7-10-16)19(23)20-17-11-8-12-18(13-17)26(24,25)21(2)3/h5-13,15H,14H2,1-4H3,(H,20,23)/p+1/t15-/m0/s1. The number of anilines is 1. The number of hydrogen-bond donors (Lipinski definition) is 2. The predicted octanol–water partition coefficient (Wildman–Crippen LogP) is 0.979. The molecule has 7 heteroatoms. The lowest BCUT2D eigenvalue weighted by molar-refractivity contribution is -0.907. The van der Waals surface area contributed by atoms with E-state index in [4.69, 9.17) is 0 Å². The molecule has 6 nitrogen and oxygen atoms in total. The van der Waals surface area contributed by atoms with Crippen LogP contribution in [0.2, 0.25) is 0 Å². The maximum absolute atomic E-state index is 12.5. The second-order valence-corrected chi connectivity index (χ2v) is 8.69. The third kappa shape index (κ3) is 4.91. The summed E-state index contributed by atoms with van der Waals surface area (Å²) < 4.78 is 25.6. The number of sulfonamides is 1. The van der Waals surface area contributed by atoms with Crippen molar-refractivity contribution >= 4 is 21.6 Å². The molecule has 0 saturated heterocycles. The van der Waals surface area contributed by atoms with Gasteiger partial charge in [-0.05, 0) is 25.1 Å². The first-order valence-corrected chi connectivity index (χ1v) is 9.85. The smallest absolute Gasteiger partial charge is 0.282 e. The molecule has 0 bridgehead atoms. The van der Waals surface area contributed by atoms with Crippen LogP contribution in [-0.4, -0.2) is 45.8 Å². The van der Waals surface area contributed by atoms with Gasteiger partial charge in [0.15, 0.2) is 6.04 Å². The lowest BCUT2D eigenvalue weighted by Crippen LogP contribution is -3.12. The highest BCUT2D eigenvalue weighted by Crippen LogP contribution is 2.18. The minimum atomic E-state index is -3.54. The van der Waals surface area contributed by atoms with E-state index in [1.54, 1.807) is 12.1 Å². The van der Waals surface area contributed by atoms with Crippen LogP contribution in [0.15, 0.2) is 59.5 Å². The highest BCUT2D eigenvalue weighted by molar-refractivity contribution is 7.89. The van der Waals surface area contributed by atoms with Crippen LogP contribution in [0.3, 0.4) is 0 Å². The molecule has 0 aliphatic carbocycles. The monoisotopic (exact) mass is 376 g/mol. The van der Waals surface area contributed by atoms with Gasteiger partial charge in [0.1, 0.15) is 6.54 Å². The average Bonchev–Trinajstić information content (AvgIpc) is 2.61. The van der Waals surface area contributed by atoms with Gasteiger partial charge < -0.3 is 10.2 Å². The first kappa shape index (κ1) is 20.1. The van der Waals surface area contributed by atoms with Crippen LogP contribution >= 0.6 is 0 Å². The van der Waals surface area contributed by atoms with E-state index in [1.807, 2.05) is 44.3 Å². The van der Waals surface area contributed by atoms with Crippen molar-refractivity contribution in [2.75, 3.05) is 26.5 Å². The van der Waals surface area contributed by atoms with Crippen molar-refractivity contribution in [1.82, 2.24) is 4.31 Å². The van der Waals surface area contributed by atoms with E-state index >= 15 is 0 Å². The molecule has 0 aliphatic heterocycles. The minimum absolute atomic E-state index is 0.151. The Morgan fingerprint density at radius 3 is 2.38 bits per heavy atom. The van der Waals surface area contributed by atoms with Crippen LogP contribution < -0.4 is 10.2 Å². The maximum Gasteiger partial charge on any atom is 0.282 e. The van der Waals surface area contributed by atoms with Gasteiger partial charge in [-0.25, -0.2) is 12.7 Å². The van der Waals surface area contributed by atoms with Gasteiger partial charge in [0.2, 0.25) is 10.0 Å². The van der Waals surface area contributed by atoms with E-state index in [1.165, 1.54) is 26.2 Å². The first-order chi connectivity index (χ1) is 12.2. The summed E-state index contributed by atoms with van der Waals surface area (Å²) in [4.78, 5) is 13.7. The van der Waals surface area contributed by atoms with Gasteiger partial charge in [-0.3, -0.25) is 4.79 Å². The zero-order valence-corrected chi connectivity index (χ0v) is 16.4. The summed E-state index contributed by atoms with van der Waals surface area (Å²) in [5.74, 6) is -0.155. The van der Waals surface area contributed by atoms with Crippen molar-refractivity contribution in [2.24, 2.45) is 0 Å². The van der Waals surface area contributed by atoms with Gasteiger partial charge in [-0.15, -0.1) is 0 Å². The van der Waals surface area contributed by atoms with Crippen molar-refractivity contribution in [3.8, 4) is 0 Å². The summed E-state index contributed by atoms with van der Waals surface area (Å²) >= 11 is 0. The second kappa shape index (κ2) is 8.44. The Bertz CT molecular complexity index is 851. The molecule has 0 radical (unpaired) electrons. The van der Waals surface area contributed by atoms with E-state index in [-0.39, 0.29) is 16.8 Å². The lowest BCUT2D eigenvalue weighted by Gasteiger charge is -2.21. The molecule has 26 heavy (non-hydrogen) atoms. The van der Waals surface area contributed by atoms with Gasteiger partial charge >= 0.3 is 0 Å².